The minimum absolute atomic E-state index is 0. The van der Waals surface area contributed by atoms with Crippen molar-refractivity contribution in [3.05, 3.63) is 89.9 Å². The number of halogens is 1. The molecule has 0 N–H and O–H groups in total. The Morgan fingerprint density at radius 2 is 1.83 bits per heavy atom. The van der Waals surface area contributed by atoms with Gasteiger partial charge in [0.05, 0.1) is 6.20 Å². The van der Waals surface area contributed by atoms with Gasteiger partial charge in [-0.25, -0.2) is 9.50 Å². The molecule has 0 radical (unpaired) electrons. The second kappa shape index (κ2) is 8.41. The number of rotatable bonds is 5. The fraction of sp³-hybridized carbons (Fsp3) is 0.100. The van der Waals surface area contributed by atoms with E-state index in [9.17, 15) is 0 Å². The Morgan fingerprint density at radius 1 is 1.04 bits per heavy atom. The van der Waals surface area contributed by atoms with Crippen LogP contribution in [0, 0.1) is 0 Å². The predicted molar refractivity (Wildman–Crippen MR) is 105 cm³/mol. The maximum atomic E-state index is 4.58. The first-order chi connectivity index (χ1) is 11.3. The minimum Gasteiger partial charge on any atom is -0.236 e. The number of aromatic nitrogens is 3. The normalized spacial score (nSPS) is 11.2. The van der Waals surface area contributed by atoms with Crippen LogP contribution in [0.25, 0.3) is 16.8 Å². The van der Waals surface area contributed by atoms with Crippen molar-refractivity contribution in [3.8, 4) is 11.1 Å². The summed E-state index contributed by atoms with van der Waals surface area (Å²) in [6.45, 7) is 3.64. The first kappa shape index (κ1) is 17.9. The van der Waals surface area contributed by atoms with E-state index in [4.69, 9.17) is 0 Å². The van der Waals surface area contributed by atoms with Crippen LogP contribution in [0.2, 0.25) is 0 Å². The van der Waals surface area contributed by atoms with Gasteiger partial charge >= 0.3 is 0 Å². The van der Waals surface area contributed by atoms with Gasteiger partial charge in [0.25, 0.3) is 0 Å². The van der Waals surface area contributed by atoms with Crippen LogP contribution < -0.4 is 0 Å². The zero-order chi connectivity index (χ0) is 16.1. The van der Waals surface area contributed by atoms with Crippen LogP contribution in [-0.2, 0) is 6.42 Å². The molecule has 0 fully saturated rings. The Balaban J connectivity index is 0.00000208. The smallest absolute Gasteiger partial charge is 0.158 e. The van der Waals surface area contributed by atoms with Crippen LogP contribution in [-0.4, -0.2) is 14.6 Å². The van der Waals surface area contributed by atoms with E-state index in [1.165, 1.54) is 0 Å². The molecule has 3 rings (SSSR count). The van der Waals surface area contributed by atoms with Crippen LogP contribution in [0.5, 0.6) is 0 Å². The van der Waals surface area contributed by atoms with E-state index in [0.717, 1.165) is 33.2 Å². The second-order valence-corrected chi connectivity index (χ2v) is 5.96. The van der Waals surface area contributed by atoms with Gasteiger partial charge in [0.1, 0.15) is 0 Å². The third kappa shape index (κ3) is 4.09. The average Bonchev–Trinajstić information content (AvgIpc) is 2.98. The molecule has 2 heterocycles. The van der Waals surface area contributed by atoms with E-state index < -0.39 is 0 Å². The van der Waals surface area contributed by atoms with Crippen LogP contribution in [0.4, 0.5) is 0 Å². The Kier molecular flexibility index (Phi) is 6.27. The monoisotopic (exact) mass is 381 g/mol. The lowest BCUT2D eigenvalue weighted by Gasteiger charge is -2.02. The Morgan fingerprint density at radius 3 is 2.58 bits per heavy atom. The van der Waals surface area contributed by atoms with Crippen molar-refractivity contribution in [1.29, 1.82) is 0 Å². The van der Waals surface area contributed by atoms with Gasteiger partial charge < -0.3 is 0 Å². The van der Waals surface area contributed by atoms with Crippen LogP contribution in [0.3, 0.4) is 0 Å². The van der Waals surface area contributed by atoms with Crippen LogP contribution in [0.15, 0.2) is 84.3 Å². The van der Waals surface area contributed by atoms with E-state index in [-0.39, 0.29) is 7.43 Å². The number of nitrogens with zero attached hydrogens (tertiary/aromatic N) is 3. The molecule has 122 valence electrons. The first-order valence-corrected chi connectivity index (χ1v) is 8.09. The van der Waals surface area contributed by atoms with Crippen molar-refractivity contribution in [2.45, 2.75) is 13.8 Å². The molecule has 0 aliphatic rings. The van der Waals surface area contributed by atoms with Crippen LogP contribution in [0.1, 0.15) is 13.0 Å². The standard InChI is InChI=1S/C19H16BrN3.CH4/c1-2-3-4-5-6-7-16-13-22-23-14-17(12-21-19(16)23)15-8-10-18(20)11-9-15;/h2-6,8-14H,1,7H2;1H4/b4-3-,6-5-;. The minimum atomic E-state index is 0. The predicted octanol–water partition coefficient (Wildman–Crippen LogP) is 5.64. The largest absolute Gasteiger partial charge is 0.236 e. The summed E-state index contributed by atoms with van der Waals surface area (Å²) in [6.07, 6.45) is 16.3. The third-order valence-corrected chi connectivity index (χ3v) is 3.97. The van der Waals surface area contributed by atoms with Crippen molar-refractivity contribution in [2.75, 3.05) is 0 Å². The summed E-state index contributed by atoms with van der Waals surface area (Å²) in [5.74, 6) is 0. The summed E-state index contributed by atoms with van der Waals surface area (Å²) in [5, 5.41) is 4.41. The molecule has 24 heavy (non-hydrogen) atoms. The van der Waals surface area contributed by atoms with Crippen molar-refractivity contribution < 1.29 is 0 Å². The molecule has 0 saturated carbocycles. The summed E-state index contributed by atoms with van der Waals surface area (Å²) < 4.78 is 2.90. The molecule has 0 amide bonds. The van der Waals surface area contributed by atoms with Crippen molar-refractivity contribution >= 4 is 21.6 Å². The molecule has 3 nitrogen and oxygen atoms in total. The lowest BCUT2D eigenvalue weighted by molar-refractivity contribution is 0.941. The van der Waals surface area contributed by atoms with Gasteiger partial charge in [-0.15, -0.1) is 0 Å². The highest BCUT2D eigenvalue weighted by Crippen LogP contribution is 2.22. The highest BCUT2D eigenvalue weighted by Gasteiger charge is 2.06. The van der Waals surface area contributed by atoms with Gasteiger partial charge in [-0.3, -0.25) is 0 Å². The quantitative estimate of drug-likeness (QED) is 0.535. The Bertz CT molecular complexity index is 874. The van der Waals surface area contributed by atoms with Gasteiger partial charge in [0.15, 0.2) is 5.65 Å². The van der Waals surface area contributed by atoms with E-state index >= 15 is 0 Å². The Hall–Kier alpha value is -2.46. The number of fused-ring (bicyclic) bond motifs is 1. The number of hydrogen-bond acceptors (Lipinski definition) is 2. The average molecular weight is 382 g/mol. The van der Waals surface area contributed by atoms with Crippen molar-refractivity contribution in [3.63, 3.8) is 0 Å². The molecule has 0 atom stereocenters. The first-order valence-electron chi connectivity index (χ1n) is 7.30. The van der Waals surface area contributed by atoms with Gasteiger partial charge in [0, 0.05) is 28.0 Å². The summed E-state index contributed by atoms with van der Waals surface area (Å²) in [5.41, 5.74) is 4.16. The van der Waals surface area contributed by atoms with Gasteiger partial charge in [-0.1, -0.05) is 72.4 Å². The number of benzene rings is 1. The molecule has 1 aromatic carbocycles. The Labute approximate surface area is 151 Å². The summed E-state index contributed by atoms with van der Waals surface area (Å²) in [7, 11) is 0. The molecule has 0 spiro atoms. The van der Waals surface area contributed by atoms with E-state index in [2.05, 4.69) is 50.8 Å². The molecule has 0 aliphatic heterocycles. The fourth-order valence-corrected chi connectivity index (χ4v) is 2.54. The zero-order valence-corrected chi connectivity index (χ0v) is 14.1. The van der Waals surface area contributed by atoms with Crippen LogP contribution >= 0.6 is 15.9 Å². The van der Waals surface area contributed by atoms with E-state index in [0.29, 0.717) is 0 Å². The second-order valence-electron chi connectivity index (χ2n) is 5.04. The molecule has 0 saturated heterocycles. The van der Waals surface area contributed by atoms with Gasteiger partial charge in [0.2, 0.25) is 0 Å². The zero-order valence-electron chi connectivity index (χ0n) is 12.6. The SMILES string of the molecule is C.C=C/C=C\C=C/Cc1cnn2cc(-c3ccc(Br)cc3)cnc12. The van der Waals surface area contributed by atoms with E-state index in [1.54, 1.807) is 6.08 Å². The molecular weight excluding hydrogens is 362 g/mol. The molecule has 0 aliphatic carbocycles. The highest BCUT2D eigenvalue weighted by atomic mass is 79.9. The van der Waals surface area contributed by atoms with Crippen molar-refractivity contribution in [1.82, 2.24) is 14.6 Å². The third-order valence-electron chi connectivity index (χ3n) is 3.44. The van der Waals surface area contributed by atoms with Crippen molar-refractivity contribution in [2.24, 2.45) is 0 Å². The molecule has 4 heteroatoms. The molecule has 2 aromatic heterocycles. The number of hydrogen-bond donors (Lipinski definition) is 0. The molecule has 3 aromatic rings. The lowest BCUT2D eigenvalue weighted by Crippen LogP contribution is -1.92. The molecular formula is C20H20BrN3. The summed E-state index contributed by atoms with van der Waals surface area (Å²) >= 11 is 3.45. The summed E-state index contributed by atoms with van der Waals surface area (Å²) in [4.78, 5) is 4.58. The topological polar surface area (TPSA) is 30.2 Å². The maximum absolute atomic E-state index is 4.58. The van der Waals surface area contributed by atoms with Gasteiger partial charge in [-0.05, 0) is 24.1 Å². The highest BCUT2D eigenvalue weighted by molar-refractivity contribution is 9.10. The number of allylic oxidation sites excluding steroid dienone is 5. The summed E-state index contributed by atoms with van der Waals surface area (Å²) in [6, 6.07) is 8.17. The fourth-order valence-electron chi connectivity index (χ4n) is 2.28. The molecule has 0 unspecified atom stereocenters. The lowest BCUT2D eigenvalue weighted by atomic mass is 10.1. The molecule has 0 bridgehead atoms. The maximum Gasteiger partial charge on any atom is 0.158 e. The van der Waals surface area contributed by atoms with E-state index in [1.807, 2.05) is 53.5 Å². The van der Waals surface area contributed by atoms with Gasteiger partial charge in [-0.2, -0.15) is 5.10 Å².